The van der Waals surface area contributed by atoms with Gasteiger partial charge < -0.3 is 15.6 Å². The smallest absolute Gasteiger partial charge is 0.251 e. The lowest BCUT2D eigenvalue weighted by Crippen LogP contribution is -2.26. The van der Waals surface area contributed by atoms with Crippen LogP contribution >= 0.6 is 11.6 Å². The molecule has 0 saturated heterocycles. The zero-order valence-corrected chi connectivity index (χ0v) is 21.8. The van der Waals surface area contributed by atoms with Gasteiger partial charge in [0, 0.05) is 29.2 Å². The number of nitrogens with one attached hydrogen (secondary N) is 3. The lowest BCUT2D eigenvalue weighted by molar-refractivity contribution is 0.0953. The van der Waals surface area contributed by atoms with Gasteiger partial charge in [0.05, 0.1) is 23.0 Å². The topological polar surface area (TPSA) is 128 Å². The molecule has 0 atom stereocenters. The third kappa shape index (κ3) is 5.51. The summed E-state index contributed by atoms with van der Waals surface area (Å²) in [6, 6.07) is 21.5. The van der Waals surface area contributed by atoms with Gasteiger partial charge in [0.1, 0.15) is 17.5 Å². The number of carbonyl (C=O) groups is 2. The van der Waals surface area contributed by atoms with Crippen molar-refractivity contribution in [2.75, 3.05) is 18.4 Å². The molecule has 0 fully saturated rings. The Hall–Kier alpha value is -4.94. The number of hydrogen-bond donors (Lipinski definition) is 3. The van der Waals surface area contributed by atoms with Gasteiger partial charge in [-0.05, 0) is 55.8 Å². The number of aryl methyl sites for hydroxylation is 1. The van der Waals surface area contributed by atoms with Crippen molar-refractivity contribution in [2.45, 2.75) is 13.3 Å². The third-order valence-corrected chi connectivity index (χ3v) is 6.46. The molecule has 1 amide bonds. The highest BCUT2D eigenvalue weighted by Gasteiger charge is 2.25. The molecule has 0 saturated carbocycles. The summed E-state index contributed by atoms with van der Waals surface area (Å²) in [6.07, 6.45) is 2.15. The second-order valence-corrected chi connectivity index (χ2v) is 9.37. The van der Waals surface area contributed by atoms with E-state index in [1.807, 2.05) is 19.1 Å². The SMILES string of the molecule is Cc1ccc(C(=O)c2nn(-c3ccc(Cl)cc3)c(NCCCNC(=O)c3ccc4nc[nH]c4c3)c2C#N)cc1. The van der Waals surface area contributed by atoms with E-state index in [1.54, 1.807) is 60.9 Å². The summed E-state index contributed by atoms with van der Waals surface area (Å²) in [5, 5.41) is 21.3. The van der Waals surface area contributed by atoms with E-state index in [1.165, 1.54) is 4.68 Å². The number of benzene rings is 3. The van der Waals surface area contributed by atoms with Gasteiger partial charge in [0.15, 0.2) is 5.69 Å². The molecular weight excluding hydrogens is 514 g/mol. The molecule has 0 radical (unpaired) electrons. The van der Waals surface area contributed by atoms with Crippen molar-refractivity contribution in [2.24, 2.45) is 0 Å². The van der Waals surface area contributed by atoms with Crippen LogP contribution in [0, 0.1) is 18.3 Å². The maximum absolute atomic E-state index is 13.3. The van der Waals surface area contributed by atoms with Gasteiger partial charge in [-0.2, -0.15) is 10.4 Å². The molecule has 2 heterocycles. The van der Waals surface area contributed by atoms with Crippen LogP contribution in [0.15, 0.2) is 73.1 Å². The lowest BCUT2D eigenvalue weighted by atomic mass is 10.0. The maximum atomic E-state index is 13.3. The molecule has 194 valence electrons. The first-order chi connectivity index (χ1) is 18.9. The second kappa shape index (κ2) is 11.2. The van der Waals surface area contributed by atoms with E-state index in [0.717, 1.165) is 16.6 Å². The van der Waals surface area contributed by atoms with E-state index >= 15 is 0 Å². The van der Waals surface area contributed by atoms with Crippen LogP contribution in [0.3, 0.4) is 0 Å². The van der Waals surface area contributed by atoms with E-state index in [-0.39, 0.29) is 22.9 Å². The van der Waals surface area contributed by atoms with E-state index in [4.69, 9.17) is 11.6 Å². The molecule has 10 heteroatoms. The van der Waals surface area contributed by atoms with Crippen molar-refractivity contribution in [1.29, 1.82) is 5.26 Å². The highest BCUT2D eigenvalue weighted by Crippen LogP contribution is 2.26. The summed E-state index contributed by atoms with van der Waals surface area (Å²) in [5.74, 6) is -0.142. The number of aromatic amines is 1. The summed E-state index contributed by atoms with van der Waals surface area (Å²) in [4.78, 5) is 33.0. The maximum Gasteiger partial charge on any atom is 0.251 e. The van der Waals surface area contributed by atoms with E-state index in [2.05, 4.69) is 31.8 Å². The third-order valence-electron chi connectivity index (χ3n) is 6.21. The van der Waals surface area contributed by atoms with Crippen LogP contribution in [-0.4, -0.2) is 44.5 Å². The highest BCUT2D eigenvalue weighted by atomic mass is 35.5. The number of fused-ring (bicyclic) bond motifs is 1. The van der Waals surface area contributed by atoms with Crippen molar-refractivity contribution < 1.29 is 9.59 Å². The largest absolute Gasteiger partial charge is 0.369 e. The fraction of sp³-hybridized carbons (Fsp3) is 0.138. The first-order valence-corrected chi connectivity index (χ1v) is 12.7. The molecule has 3 N–H and O–H groups in total. The molecule has 5 aromatic rings. The van der Waals surface area contributed by atoms with E-state index in [9.17, 15) is 14.9 Å². The molecular formula is C29H24ClN7O2. The Kier molecular flexibility index (Phi) is 7.39. The zero-order chi connectivity index (χ0) is 27.4. The van der Waals surface area contributed by atoms with Crippen molar-refractivity contribution in [3.8, 4) is 11.8 Å². The Balaban J connectivity index is 1.32. The Morgan fingerprint density at radius 1 is 1.03 bits per heavy atom. The van der Waals surface area contributed by atoms with Crippen molar-refractivity contribution in [3.05, 3.63) is 106 Å². The number of nitrogens with zero attached hydrogens (tertiary/aromatic N) is 4. The molecule has 2 aromatic heterocycles. The van der Waals surface area contributed by atoms with Crippen molar-refractivity contribution >= 4 is 40.1 Å². The number of imidazole rings is 1. The number of H-pyrrole nitrogens is 1. The van der Waals surface area contributed by atoms with Gasteiger partial charge in [0.25, 0.3) is 5.91 Å². The van der Waals surface area contributed by atoms with Gasteiger partial charge >= 0.3 is 0 Å². The highest BCUT2D eigenvalue weighted by molar-refractivity contribution is 6.30. The fourth-order valence-electron chi connectivity index (χ4n) is 4.13. The minimum absolute atomic E-state index is 0.0568. The number of halogens is 1. The minimum atomic E-state index is -0.344. The number of nitriles is 1. The van der Waals surface area contributed by atoms with Gasteiger partial charge in [-0.1, -0.05) is 41.4 Å². The molecule has 3 aromatic carbocycles. The lowest BCUT2D eigenvalue weighted by Gasteiger charge is -2.11. The van der Waals surface area contributed by atoms with Gasteiger partial charge in [-0.3, -0.25) is 9.59 Å². The Labute approximate surface area is 229 Å². The summed E-state index contributed by atoms with van der Waals surface area (Å²) < 4.78 is 1.54. The van der Waals surface area contributed by atoms with Crippen LogP contribution in [0.1, 0.15) is 44.0 Å². The Morgan fingerprint density at radius 3 is 2.51 bits per heavy atom. The molecule has 39 heavy (non-hydrogen) atoms. The molecule has 0 unspecified atom stereocenters. The van der Waals surface area contributed by atoms with Crippen LogP contribution in [-0.2, 0) is 0 Å². The van der Waals surface area contributed by atoms with Crippen molar-refractivity contribution in [3.63, 3.8) is 0 Å². The van der Waals surface area contributed by atoms with Crippen LogP contribution in [0.2, 0.25) is 5.02 Å². The van der Waals surface area contributed by atoms with E-state index < -0.39 is 0 Å². The van der Waals surface area contributed by atoms with Crippen LogP contribution in [0.25, 0.3) is 16.7 Å². The number of aromatic nitrogens is 4. The van der Waals surface area contributed by atoms with Crippen LogP contribution in [0.4, 0.5) is 5.82 Å². The number of rotatable bonds is 9. The molecule has 5 rings (SSSR count). The monoisotopic (exact) mass is 537 g/mol. The molecule has 0 aliphatic rings. The Morgan fingerprint density at radius 2 is 1.77 bits per heavy atom. The molecule has 9 nitrogen and oxygen atoms in total. The quantitative estimate of drug-likeness (QED) is 0.178. The predicted molar refractivity (Wildman–Crippen MR) is 149 cm³/mol. The second-order valence-electron chi connectivity index (χ2n) is 8.94. The Bertz CT molecular complexity index is 1700. The van der Waals surface area contributed by atoms with E-state index in [0.29, 0.717) is 47.2 Å². The first-order valence-electron chi connectivity index (χ1n) is 12.3. The van der Waals surface area contributed by atoms with Crippen LogP contribution < -0.4 is 10.6 Å². The number of amides is 1. The summed E-state index contributed by atoms with van der Waals surface area (Å²) in [5.41, 5.74) is 4.43. The summed E-state index contributed by atoms with van der Waals surface area (Å²) in [7, 11) is 0. The minimum Gasteiger partial charge on any atom is -0.369 e. The molecule has 0 aliphatic carbocycles. The number of hydrogen-bond acceptors (Lipinski definition) is 6. The summed E-state index contributed by atoms with van der Waals surface area (Å²) >= 11 is 6.07. The van der Waals surface area contributed by atoms with Crippen molar-refractivity contribution in [1.82, 2.24) is 25.1 Å². The number of ketones is 1. The average Bonchev–Trinajstić information content (AvgIpc) is 3.57. The summed E-state index contributed by atoms with van der Waals surface area (Å²) in [6.45, 7) is 2.76. The number of carbonyl (C=O) groups excluding carboxylic acids is 2. The molecule has 0 bridgehead atoms. The zero-order valence-electron chi connectivity index (χ0n) is 21.0. The molecule has 0 aliphatic heterocycles. The van der Waals surface area contributed by atoms with Crippen LogP contribution in [0.5, 0.6) is 0 Å². The number of anilines is 1. The normalized spacial score (nSPS) is 10.8. The van der Waals surface area contributed by atoms with Gasteiger partial charge in [0.2, 0.25) is 5.78 Å². The average molecular weight is 538 g/mol. The first kappa shape index (κ1) is 25.7. The fourth-order valence-corrected chi connectivity index (χ4v) is 4.26. The molecule has 0 spiro atoms. The standard InChI is InChI=1S/C29H24ClN7O2/c1-18-3-5-19(6-4-18)27(38)26-23(16-31)28(37(36-26)22-10-8-21(30)9-11-22)32-13-2-14-33-29(39)20-7-12-24-25(15-20)35-17-34-24/h3-12,15,17,32H,2,13-14H2,1H3,(H,33,39)(H,34,35). The van der Waals surface area contributed by atoms with Gasteiger partial charge in [-0.25, -0.2) is 9.67 Å². The predicted octanol–water partition coefficient (Wildman–Crippen LogP) is 5.05. The van der Waals surface area contributed by atoms with Gasteiger partial charge in [-0.15, -0.1) is 0 Å².